The van der Waals surface area contributed by atoms with E-state index in [2.05, 4.69) is 15.4 Å². The first-order valence-corrected chi connectivity index (χ1v) is 6.14. The Morgan fingerprint density at radius 1 is 1.35 bits per heavy atom. The maximum atomic E-state index is 11.8. The van der Waals surface area contributed by atoms with Crippen LogP contribution in [0.1, 0.15) is 12.5 Å². The normalized spacial score (nSPS) is 11.4. The standard InChI is InChI=1S/C13H17F3N2O2/c1-2-17-7-10-4-3-5-11(6-10)18-12(19)8-20-9-13(14,15)16/h3-6,17H,2,7-9H2,1H3,(H,18,19). The lowest BCUT2D eigenvalue weighted by Crippen LogP contribution is -2.24. The number of amides is 1. The van der Waals surface area contributed by atoms with Gasteiger partial charge >= 0.3 is 6.18 Å². The number of alkyl halides is 3. The van der Waals surface area contributed by atoms with Crippen molar-refractivity contribution in [2.75, 3.05) is 25.1 Å². The van der Waals surface area contributed by atoms with Gasteiger partial charge in [-0.25, -0.2) is 0 Å². The van der Waals surface area contributed by atoms with Crippen molar-refractivity contribution in [3.8, 4) is 0 Å². The van der Waals surface area contributed by atoms with Crippen LogP contribution in [0.15, 0.2) is 24.3 Å². The molecule has 0 aromatic heterocycles. The van der Waals surface area contributed by atoms with Gasteiger partial charge in [0.1, 0.15) is 13.2 Å². The van der Waals surface area contributed by atoms with Gasteiger partial charge in [-0.15, -0.1) is 0 Å². The number of nitrogens with one attached hydrogen (secondary N) is 2. The third kappa shape index (κ3) is 7.10. The SMILES string of the molecule is CCNCc1cccc(NC(=O)COCC(F)(F)F)c1. The van der Waals surface area contributed by atoms with E-state index in [1.54, 1.807) is 18.2 Å². The molecular formula is C13H17F3N2O2. The molecule has 0 heterocycles. The molecule has 0 aliphatic heterocycles. The fraction of sp³-hybridized carbons (Fsp3) is 0.462. The fourth-order valence-corrected chi connectivity index (χ4v) is 1.48. The van der Waals surface area contributed by atoms with E-state index in [-0.39, 0.29) is 0 Å². The zero-order valence-corrected chi connectivity index (χ0v) is 11.1. The van der Waals surface area contributed by atoms with E-state index >= 15 is 0 Å². The number of halogens is 3. The molecule has 0 saturated heterocycles. The number of hydrogen-bond donors (Lipinski definition) is 2. The van der Waals surface area contributed by atoms with Crippen molar-refractivity contribution in [2.45, 2.75) is 19.6 Å². The van der Waals surface area contributed by atoms with Gasteiger partial charge in [-0.2, -0.15) is 13.2 Å². The van der Waals surface area contributed by atoms with Crippen molar-refractivity contribution in [1.29, 1.82) is 0 Å². The zero-order valence-electron chi connectivity index (χ0n) is 11.1. The van der Waals surface area contributed by atoms with Crippen LogP contribution in [-0.4, -0.2) is 31.8 Å². The van der Waals surface area contributed by atoms with Gasteiger partial charge in [-0.05, 0) is 24.2 Å². The van der Waals surface area contributed by atoms with E-state index in [1.165, 1.54) is 0 Å². The second-order valence-corrected chi connectivity index (χ2v) is 4.14. The summed E-state index contributed by atoms with van der Waals surface area (Å²) in [6.45, 7) is 1.40. The Morgan fingerprint density at radius 3 is 2.75 bits per heavy atom. The van der Waals surface area contributed by atoms with E-state index in [9.17, 15) is 18.0 Å². The van der Waals surface area contributed by atoms with Crippen LogP contribution in [0, 0.1) is 0 Å². The summed E-state index contributed by atoms with van der Waals surface area (Å²) in [5, 5.41) is 5.62. The highest BCUT2D eigenvalue weighted by Crippen LogP contribution is 2.14. The number of carbonyl (C=O) groups excluding carboxylic acids is 1. The van der Waals surface area contributed by atoms with Gasteiger partial charge in [0.2, 0.25) is 5.91 Å². The molecule has 1 amide bonds. The molecule has 0 fully saturated rings. The Morgan fingerprint density at radius 2 is 2.10 bits per heavy atom. The van der Waals surface area contributed by atoms with Crippen molar-refractivity contribution >= 4 is 11.6 Å². The summed E-state index contributed by atoms with van der Waals surface area (Å²) in [5.41, 5.74) is 1.50. The first kappa shape index (κ1) is 16.5. The van der Waals surface area contributed by atoms with Crippen LogP contribution in [0.3, 0.4) is 0 Å². The van der Waals surface area contributed by atoms with Gasteiger partial charge in [0, 0.05) is 12.2 Å². The number of hydrogen-bond acceptors (Lipinski definition) is 3. The summed E-state index contributed by atoms with van der Waals surface area (Å²) >= 11 is 0. The number of ether oxygens (including phenoxy) is 1. The van der Waals surface area contributed by atoms with Crippen LogP contribution in [0.25, 0.3) is 0 Å². The van der Waals surface area contributed by atoms with Crippen LogP contribution in [0.5, 0.6) is 0 Å². The summed E-state index contributed by atoms with van der Waals surface area (Å²) in [4.78, 5) is 11.4. The monoisotopic (exact) mass is 290 g/mol. The van der Waals surface area contributed by atoms with Crippen molar-refractivity contribution in [2.24, 2.45) is 0 Å². The fourth-order valence-electron chi connectivity index (χ4n) is 1.48. The molecule has 0 aliphatic rings. The first-order valence-electron chi connectivity index (χ1n) is 6.14. The molecule has 0 atom stereocenters. The molecule has 4 nitrogen and oxygen atoms in total. The molecule has 0 bridgehead atoms. The molecule has 0 unspecified atom stereocenters. The summed E-state index contributed by atoms with van der Waals surface area (Å²) in [5.74, 6) is -0.616. The molecule has 7 heteroatoms. The lowest BCUT2D eigenvalue weighted by molar-refractivity contribution is -0.174. The average molecular weight is 290 g/mol. The van der Waals surface area contributed by atoms with E-state index < -0.39 is 25.3 Å². The van der Waals surface area contributed by atoms with Crippen LogP contribution >= 0.6 is 0 Å². The number of carbonyl (C=O) groups is 1. The number of rotatable bonds is 7. The zero-order chi connectivity index (χ0) is 15.0. The second kappa shape index (κ2) is 7.86. The summed E-state index contributed by atoms with van der Waals surface area (Å²) in [6.07, 6.45) is -4.42. The molecule has 0 aliphatic carbocycles. The molecule has 1 rings (SSSR count). The second-order valence-electron chi connectivity index (χ2n) is 4.14. The van der Waals surface area contributed by atoms with Gasteiger partial charge in [0.05, 0.1) is 0 Å². The Labute approximate surface area is 115 Å². The lowest BCUT2D eigenvalue weighted by Gasteiger charge is -2.09. The topological polar surface area (TPSA) is 50.4 Å². The van der Waals surface area contributed by atoms with E-state index in [4.69, 9.17) is 0 Å². The first-order chi connectivity index (χ1) is 9.40. The highest BCUT2D eigenvalue weighted by atomic mass is 19.4. The minimum Gasteiger partial charge on any atom is -0.362 e. The molecule has 0 spiro atoms. The minimum absolute atomic E-state index is 0.529. The molecular weight excluding hydrogens is 273 g/mol. The maximum absolute atomic E-state index is 11.8. The molecule has 0 saturated carbocycles. The van der Waals surface area contributed by atoms with Gasteiger partial charge in [0.25, 0.3) is 0 Å². The lowest BCUT2D eigenvalue weighted by atomic mass is 10.2. The average Bonchev–Trinajstić information content (AvgIpc) is 2.35. The molecule has 2 N–H and O–H groups in total. The maximum Gasteiger partial charge on any atom is 0.411 e. The van der Waals surface area contributed by atoms with Crippen LogP contribution in [0.4, 0.5) is 18.9 Å². The summed E-state index contributed by atoms with van der Waals surface area (Å²) in [6, 6.07) is 7.07. The van der Waals surface area contributed by atoms with E-state index in [0.29, 0.717) is 12.2 Å². The quantitative estimate of drug-likeness (QED) is 0.810. The van der Waals surface area contributed by atoms with Crippen LogP contribution in [-0.2, 0) is 16.1 Å². The van der Waals surface area contributed by atoms with Gasteiger partial charge in [-0.3, -0.25) is 4.79 Å². The van der Waals surface area contributed by atoms with Crippen molar-refractivity contribution in [3.63, 3.8) is 0 Å². The van der Waals surface area contributed by atoms with E-state index in [0.717, 1.165) is 12.1 Å². The Kier molecular flexibility index (Phi) is 6.47. The van der Waals surface area contributed by atoms with Crippen molar-refractivity contribution < 1.29 is 22.7 Å². The molecule has 112 valence electrons. The summed E-state index contributed by atoms with van der Waals surface area (Å²) < 4.78 is 39.8. The van der Waals surface area contributed by atoms with Crippen LogP contribution < -0.4 is 10.6 Å². The Hall–Kier alpha value is -1.60. The van der Waals surface area contributed by atoms with Crippen molar-refractivity contribution in [1.82, 2.24) is 5.32 Å². The molecule has 1 aromatic carbocycles. The van der Waals surface area contributed by atoms with E-state index in [1.807, 2.05) is 13.0 Å². The van der Waals surface area contributed by atoms with Crippen LogP contribution in [0.2, 0.25) is 0 Å². The predicted octanol–water partition coefficient (Wildman–Crippen LogP) is 2.31. The molecule has 0 radical (unpaired) electrons. The third-order valence-corrected chi connectivity index (χ3v) is 2.29. The number of anilines is 1. The number of benzene rings is 1. The largest absolute Gasteiger partial charge is 0.411 e. The van der Waals surface area contributed by atoms with Gasteiger partial charge < -0.3 is 15.4 Å². The predicted molar refractivity (Wildman–Crippen MR) is 69.3 cm³/mol. The molecule has 1 aromatic rings. The van der Waals surface area contributed by atoms with Gasteiger partial charge in [-0.1, -0.05) is 19.1 Å². The highest BCUT2D eigenvalue weighted by molar-refractivity contribution is 5.91. The smallest absolute Gasteiger partial charge is 0.362 e. The highest BCUT2D eigenvalue weighted by Gasteiger charge is 2.27. The van der Waals surface area contributed by atoms with Crippen molar-refractivity contribution in [3.05, 3.63) is 29.8 Å². The summed E-state index contributed by atoms with van der Waals surface area (Å²) in [7, 11) is 0. The third-order valence-electron chi connectivity index (χ3n) is 2.29. The van der Waals surface area contributed by atoms with Gasteiger partial charge in [0.15, 0.2) is 0 Å². The minimum atomic E-state index is -4.42. The Bertz CT molecular complexity index is 436. The Balaban J connectivity index is 2.41. The molecule has 20 heavy (non-hydrogen) atoms.